The summed E-state index contributed by atoms with van der Waals surface area (Å²) in [5.41, 5.74) is 0. The Labute approximate surface area is 86.0 Å². The Morgan fingerprint density at radius 1 is 1.14 bits per heavy atom. The van der Waals surface area contributed by atoms with Crippen molar-refractivity contribution in [1.82, 2.24) is 9.21 Å². The molecule has 0 aromatic carbocycles. The van der Waals surface area contributed by atoms with Gasteiger partial charge in [-0.1, -0.05) is 0 Å². The lowest BCUT2D eigenvalue weighted by Crippen LogP contribution is -2.40. The molecule has 0 radical (unpaired) electrons. The van der Waals surface area contributed by atoms with E-state index in [0.717, 1.165) is 19.5 Å². The van der Waals surface area contributed by atoms with Crippen LogP contribution in [0.15, 0.2) is 0 Å². The monoisotopic (exact) mass is 221 g/mol. The van der Waals surface area contributed by atoms with E-state index in [9.17, 15) is 8.42 Å². The summed E-state index contributed by atoms with van der Waals surface area (Å²) in [5, 5.41) is 5.08. The van der Waals surface area contributed by atoms with Gasteiger partial charge in [-0.05, 0) is 26.8 Å². The Balaban J connectivity index is 2.58. The number of hydrogen-bond acceptors (Lipinski definition) is 3. The van der Waals surface area contributed by atoms with Crippen LogP contribution in [-0.2, 0) is 10.2 Å². The first-order valence-corrected chi connectivity index (χ1v) is 6.43. The molecule has 0 atom stereocenters. The molecule has 0 aliphatic carbocycles. The van der Waals surface area contributed by atoms with E-state index in [2.05, 4.69) is 18.7 Å². The molecule has 2 N–H and O–H groups in total. The molecule has 84 valence electrons. The molecule has 0 saturated carbocycles. The van der Waals surface area contributed by atoms with Gasteiger partial charge in [0.2, 0.25) is 0 Å². The van der Waals surface area contributed by atoms with E-state index in [1.165, 1.54) is 4.31 Å². The van der Waals surface area contributed by atoms with E-state index >= 15 is 0 Å². The van der Waals surface area contributed by atoms with E-state index in [0.29, 0.717) is 19.1 Å². The highest BCUT2D eigenvalue weighted by Gasteiger charge is 2.22. The molecule has 1 heterocycles. The first-order valence-electron chi connectivity index (χ1n) is 4.93. The lowest BCUT2D eigenvalue weighted by Gasteiger charge is -2.24. The number of nitrogens with zero attached hydrogens (tertiary/aromatic N) is 2. The molecular formula is C8H19N3O2S. The lowest BCUT2D eigenvalue weighted by molar-refractivity contribution is 0.233. The molecule has 1 saturated heterocycles. The zero-order valence-corrected chi connectivity index (χ0v) is 9.63. The fourth-order valence-electron chi connectivity index (χ4n) is 1.68. The van der Waals surface area contributed by atoms with Crippen molar-refractivity contribution in [3.8, 4) is 0 Å². The quantitative estimate of drug-likeness (QED) is 0.690. The molecule has 0 spiro atoms. The highest BCUT2D eigenvalue weighted by Crippen LogP contribution is 2.07. The summed E-state index contributed by atoms with van der Waals surface area (Å²) >= 11 is 0. The van der Waals surface area contributed by atoms with Gasteiger partial charge >= 0.3 is 0 Å². The molecular weight excluding hydrogens is 202 g/mol. The largest absolute Gasteiger partial charge is 0.300 e. The molecule has 14 heavy (non-hydrogen) atoms. The standard InChI is InChI=1S/C8H19N3O2S/c1-8(2)10-4-3-5-11(7-6-10)14(9,12)13/h8H,3-7H2,1-2H3,(H2,9,12,13). The van der Waals surface area contributed by atoms with Gasteiger partial charge in [-0.15, -0.1) is 0 Å². The van der Waals surface area contributed by atoms with Gasteiger partial charge in [0.05, 0.1) is 0 Å². The topological polar surface area (TPSA) is 66.6 Å². The second kappa shape index (κ2) is 4.57. The van der Waals surface area contributed by atoms with Crippen LogP contribution < -0.4 is 5.14 Å². The van der Waals surface area contributed by atoms with Crippen molar-refractivity contribution in [2.45, 2.75) is 26.3 Å². The van der Waals surface area contributed by atoms with Crippen LogP contribution in [0.5, 0.6) is 0 Å². The fraction of sp³-hybridized carbons (Fsp3) is 1.00. The van der Waals surface area contributed by atoms with Crippen molar-refractivity contribution >= 4 is 10.2 Å². The molecule has 0 aromatic heterocycles. The van der Waals surface area contributed by atoms with Crippen LogP contribution in [0, 0.1) is 0 Å². The average molecular weight is 221 g/mol. The number of hydrogen-bond donors (Lipinski definition) is 1. The van der Waals surface area contributed by atoms with Crippen molar-refractivity contribution in [2.75, 3.05) is 26.2 Å². The highest BCUT2D eigenvalue weighted by molar-refractivity contribution is 7.86. The van der Waals surface area contributed by atoms with Gasteiger partial charge in [0.1, 0.15) is 0 Å². The molecule has 1 rings (SSSR count). The van der Waals surface area contributed by atoms with Gasteiger partial charge in [-0.3, -0.25) is 4.90 Å². The van der Waals surface area contributed by atoms with Crippen molar-refractivity contribution in [1.29, 1.82) is 0 Å². The summed E-state index contributed by atoms with van der Waals surface area (Å²) in [6, 6.07) is 0.468. The van der Waals surface area contributed by atoms with E-state index in [4.69, 9.17) is 5.14 Å². The van der Waals surface area contributed by atoms with Crippen LogP contribution in [0.4, 0.5) is 0 Å². The summed E-state index contributed by atoms with van der Waals surface area (Å²) in [7, 11) is -3.49. The first kappa shape index (κ1) is 11.9. The highest BCUT2D eigenvalue weighted by atomic mass is 32.2. The molecule has 0 aromatic rings. The van der Waals surface area contributed by atoms with Crippen molar-refractivity contribution in [3.63, 3.8) is 0 Å². The minimum absolute atomic E-state index is 0.468. The van der Waals surface area contributed by atoms with E-state index in [1.54, 1.807) is 0 Å². The first-order chi connectivity index (χ1) is 6.41. The predicted octanol–water partition coefficient (Wildman–Crippen LogP) is -0.394. The molecule has 1 aliphatic heterocycles. The Bertz CT molecular complexity index is 276. The van der Waals surface area contributed by atoms with Gasteiger partial charge in [0.15, 0.2) is 0 Å². The Kier molecular flexibility index (Phi) is 3.88. The Morgan fingerprint density at radius 2 is 1.79 bits per heavy atom. The molecule has 0 amide bonds. The molecule has 1 fully saturated rings. The van der Waals surface area contributed by atoms with Crippen LogP contribution in [0.2, 0.25) is 0 Å². The van der Waals surface area contributed by atoms with Crippen LogP contribution in [-0.4, -0.2) is 49.8 Å². The van der Waals surface area contributed by atoms with Crippen LogP contribution in [0.1, 0.15) is 20.3 Å². The minimum atomic E-state index is -3.49. The molecule has 0 unspecified atom stereocenters. The third-order valence-corrected chi connectivity index (χ3v) is 3.66. The maximum atomic E-state index is 11.1. The summed E-state index contributed by atoms with van der Waals surface area (Å²) in [6.07, 6.45) is 0.856. The Morgan fingerprint density at radius 3 is 2.29 bits per heavy atom. The summed E-state index contributed by atoms with van der Waals surface area (Å²) in [4.78, 5) is 2.27. The van der Waals surface area contributed by atoms with Crippen molar-refractivity contribution in [3.05, 3.63) is 0 Å². The smallest absolute Gasteiger partial charge is 0.276 e. The second-order valence-corrected chi connectivity index (χ2v) is 5.47. The summed E-state index contributed by atoms with van der Waals surface area (Å²) in [5.74, 6) is 0. The second-order valence-electron chi connectivity index (χ2n) is 3.93. The van der Waals surface area contributed by atoms with Crippen LogP contribution >= 0.6 is 0 Å². The molecule has 1 aliphatic rings. The predicted molar refractivity (Wildman–Crippen MR) is 56.0 cm³/mol. The molecule has 0 bridgehead atoms. The van der Waals surface area contributed by atoms with E-state index in [1.807, 2.05) is 0 Å². The SMILES string of the molecule is CC(C)N1CCCN(S(N)(=O)=O)CC1. The zero-order valence-electron chi connectivity index (χ0n) is 8.81. The summed E-state index contributed by atoms with van der Waals surface area (Å²) in [6.45, 7) is 7.01. The Hall–Kier alpha value is -0.170. The van der Waals surface area contributed by atoms with Crippen molar-refractivity contribution < 1.29 is 8.42 Å². The lowest BCUT2D eigenvalue weighted by atomic mass is 10.3. The molecule has 5 nitrogen and oxygen atoms in total. The third kappa shape index (κ3) is 3.20. The number of rotatable bonds is 2. The third-order valence-electron chi connectivity index (χ3n) is 2.58. The number of nitrogens with two attached hydrogens (primary N) is 1. The molecule has 6 heteroatoms. The summed E-state index contributed by atoms with van der Waals surface area (Å²) < 4.78 is 23.6. The van der Waals surface area contributed by atoms with Gasteiger partial charge in [-0.25, -0.2) is 5.14 Å². The van der Waals surface area contributed by atoms with Gasteiger partial charge in [-0.2, -0.15) is 12.7 Å². The van der Waals surface area contributed by atoms with Crippen LogP contribution in [0.3, 0.4) is 0 Å². The van der Waals surface area contributed by atoms with E-state index in [-0.39, 0.29) is 0 Å². The van der Waals surface area contributed by atoms with E-state index < -0.39 is 10.2 Å². The maximum absolute atomic E-state index is 11.1. The van der Waals surface area contributed by atoms with Crippen LogP contribution in [0.25, 0.3) is 0 Å². The minimum Gasteiger partial charge on any atom is -0.300 e. The normalized spacial score (nSPS) is 22.6. The average Bonchev–Trinajstić information content (AvgIpc) is 2.26. The maximum Gasteiger partial charge on any atom is 0.276 e. The fourth-order valence-corrected chi connectivity index (χ4v) is 2.40. The van der Waals surface area contributed by atoms with Gasteiger partial charge in [0.25, 0.3) is 10.2 Å². The van der Waals surface area contributed by atoms with Gasteiger partial charge in [0, 0.05) is 25.7 Å². The zero-order chi connectivity index (χ0) is 10.8. The van der Waals surface area contributed by atoms with Gasteiger partial charge < -0.3 is 0 Å². The van der Waals surface area contributed by atoms with Crippen molar-refractivity contribution in [2.24, 2.45) is 5.14 Å².